The van der Waals surface area contributed by atoms with E-state index in [2.05, 4.69) is 27.2 Å². The molecule has 0 heterocycles. The third-order valence-electron chi connectivity index (χ3n) is 2.94. The zero-order valence-corrected chi connectivity index (χ0v) is 14.8. The molecule has 7 heteroatoms. The second-order valence-corrected chi connectivity index (χ2v) is 5.65. The summed E-state index contributed by atoms with van der Waals surface area (Å²) in [5.41, 5.74) is 0.588. The quantitative estimate of drug-likeness (QED) is 0.360. The predicted molar refractivity (Wildman–Crippen MR) is 97.7 cm³/mol. The fourth-order valence-corrected chi connectivity index (χ4v) is 2.09. The first kappa shape index (κ1) is 19.2. The number of methoxy groups -OCH3 is 1. The highest BCUT2D eigenvalue weighted by molar-refractivity contribution is 7.98. The van der Waals surface area contributed by atoms with Gasteiger partial charge in [-0.2, -0.15) is 11.8 Å². The highest BCUT2D eigenvalue weighted by Gasteiger charge is 2.05. The van der Waals surface area contributed by atoms with Gasteiger partial charge < -0.3 is 20.7 Å². The molecule has 1 aromatic rings. The van der Waals surface area contributed by atoms with Crippen LogP contribution in [0.5, 0.6) is 5.75 Å². The number of guanidine groups is 1. The summed E-state index contributed by atoms with van der Waals surface area (Å²) < 4.78 is 5.12. The number of ether oxygens (including phenoxy) is 1. The third kappa shape index (κ3) is 7.78. The van der Waals surface area contributed by atoms with Gasteiger partial charge in [-0.05, 0) is 31.4 Å². The maximum atomic E-state index is 12.1. The summed E-state index contributed by atoms with van der Waals surface area (Å²) in [7, 11) is 1.58. The number of hydrogen-bond donors (Lipinski definition) is 3. The van der Waals surface area contributed by atoms with Gasteiger partial charge in [-0.15, -0.1) is 0 Å². The molecule has 128 valence electrons. The minimum absolute atomic E-state index is 0.116. The second-order valence-electron chi connectivity index (χ2n) is 4.67. The lowest BCUT2D eigenvalue weighted by atomic mass is 10.2. The fraction of sp³-hybridized carbons (Fsp3) is 0.500. The summed E-state index contributed by atoms with van der Waals surface area (Å²) in [5, 5.41) is 9.25. The van der Waals surface area contributed by atoms with E-state index < -0.39 is 0 Å². The maximum absolute atomic E-state index is 12.1. The van der Waals surface area contributed by atoms with E-state index in [-0.39, 0.29) is 5.91 Å². The molecule has 0 aliphatic carbocycles. The minimum atomic E-state index is -0.116. The Balaban J connectivity index is 2.36. The number of rotatable bonds is 9. The standard InChI is InChI=1S/C16H26N4O2S/c1-4-17-16(20-10-11-23-3)19-9-8-18-15(21)13-6-5-7-14(12-13)22-2/h5-7,12H,4,8-11H2,1-3H3,(H,18,21)(H2,17,19,20). The second kappa shape index (κ2) is 11.6. The molecule has 1 amide bonds. The number of nitrogens with one attached hydrogen (secondary N) is 3. The van der Waals surface area contributed by atoms with E-state index in [1.807, 2.05) is 13.0 Å². The van der Waals surface area contributed by atoms with Crippen molar-refractivity contribution in [2.24, 2.45) is 4.99 Å². The molecule has 0 radical (unpaired) electrons. The maximum Gasteiger partial charge on any atom is 0.251 e. The van der Waals surface area contributed by atoms with E-state index in [0.29, 0.717) is 24.4 Å². The lowest BCUT2D eigenvalue weighted by Crippen LogP contribution is -2.41. The van der Waals surface area contributed by atoms with Gasteiger partial charge in [0.15, 0.2) is 5.96 Å². The highest BCUT2D eigenvalue weighted by Crippen LogP contribution is 2.12. The summed E-state index contributed by atoms with van der Waals surface area (Å²) in [6, 6.07) is 7.09. The fourth-order valence-electron chi connectivity index (χ4n) is 1.81. The van der Waals surface area contributed by atoms with E-state index in [1.54, 1.807) is 37.1 Å². The van der Waals surface area contributed by atoms with Crippen LogP contribution >= 0.6 is 11.8 Å². The van der Waals surface area contributed by atoms with Crippen LogP contribution in [-0.4, -0.2) is 57.2 Å². The van der Waals surface area contributed by atoms with Crippen LogP contribution in [0.1, 0.15) is 17.3 Å². The molecular formula is C16H26N4O2S. The van der Waals surface area contributed by atoms with Gasteiger partial charge in [0.25, 0.3) is 5.91 Å². The van der Waals surface area contributed by atoms with Gasteiger partial charge in [-0.25, -0.2) is 0 Å². The van der Waals surface area contributed by atoms with Crippen LogP contribution in [0, 0.1) is 0 Å². The molecule has 1 aromatic carbocycles. The zero-order valence-electron chi connectivity index (χ0n) is 14.0. The summed E-state index contributed by atoms with van der Waals surface area (Å²) in [6.07, 6.45) is 2.06. The van der Waals surface area contributed by atoms with E-state index >= 15 is 0 Å². The van der Waals surface area contributed by atoms with Crippen molar-refractivity contribution < 1.29 is 9.53 Å². The average Bonchev–Trinajstić information content (AvgIpc) is 2.58. The molecule has 23 heavy (non-hydrogen) atoms. The van der Waals surface area contributed by atoms with Gasteiger partial charge in [0.05, 0.1) is 13.7 Å². The number of amides is 1. The molecule has 0 bridgehead atoms. The monoisotopic (exact) mass is 338 g/mol. The van der Waals surface area contributed by atoms with Gasteiger partial charge in [0.1, 0.15) is 5.75 Å². The van der Waals surface area contributed by atoms with Crippen molar-refractivity contribution in [1.82, 2.24) is 16.0 Å². The van der Waals surface area contributed by atoms with Crippen LogP contribution < -0.4 is 20.7 Å². The normalized spacial score (nSPS) is 11.0. The lowest BCUT2D eigenvalue weighted by molar-refractivity contribution is 0.0954. The minimum Gasteiger partial charge on any atom is -0.497 e. The van der Waals surface area contributed by atoms with Gasteiger partial charge in [0.2, 0.25) is 0 Å². The van der Waals surface area contributed by atoms with Crippen molar-refractivity contribution in [3.05, 3.63) is 29.8 Å². The topological polar surface area (TPSA) is 74.8 Å². The zero-order chi connectivity index (χ0) is 16.9. The van der Waals surface area contributed by atoms with Gasteiger partial charge in [-0.3, -0.25) is 9.79 Å². The van der Waals surface area contributed by atoms with Gasteiger partial charge in [-0.1, -0.05) is 6.07 Å². The van der Waals surface area contributed by atoms with Crippen LogP contribution in [0.2, 0.25) is 0 Å². The smallest absolute Gasteiger partial charge is 0.251 e. The first-order valence-electron chi connectivity index (χ1n) is 7.64. The SMILES string of the molecule is CCNC(=NCCSC)NCCNC(=O)c1cccc(OC)c1. The molecule has 3 N–H and O–H groups in total. The number of benzene rings is 1. The molecule has 0 aliphatic rings. The Bertz CT molecular complexity index is 509. The molecule has 0 fully saturated rings. The molecular weight excluding hydrogens is 312 g/mol. The van der Waals surface area contributed by atoms with Crippen molar-refractivity contribution in [1.29, 1.82) is 0 Å². The number of carbonyl (C=O) groups excluding carboxylic acids is 1. The molecule has 0 saturated heterocycles. The van der Waals surface area contributed by atoms with E-state index in [0.717, 1.165) is 24.8 Å². The summed E-state index contributed by atoms with van der Waals surface area (Å²) in [6.45, 7) is 4.73. The van der Waals surface area contributed by atoms with E-state index in [4.69, 9.17) is 4.74 Å². The predicted octanol–water partition coefficient (Wildman–Crippen LogP) is 1.34. The number of hydrogen-bond acceptors (Lipinski definition) is 4. The molecule has 0 saturated carbocycles. The Morgan fingerprint density at radius 3 is 2.74 bits per heavy atom. The van der Waals surface area contributed by atoms with Crippen molar-refractivity contribution in [2.75, 3.05) is 45.3 Å². The average molecular weight is 338 g/mol. The number of carbonyl (C=O) groups is 1. The number of aliphatic imine (C=N–C) groups is 1. The van der Waals surface area contributed by atoms with Crippen LogP contribution in [-0.2, 0) is 0 Å². The number of nitrogens with zero attached hydrogens (tertiary/aromatic N) is 1. The Morgan fingerprint density at radius 1 is 1.26 bits per heavy atom. The highest BCUT2D eigenvalue weighted by atomic mass is 32.2. The van der Waals surface area contributed by atoms with Crippen LogP contribution in [0.4, 0.5) is 0 Å². The molecule has 0 spiro atoms. The molecule has 0 unspecified atom stereocenters. The molecule has 0 aromatic heterocycles. The summed E-state index contributed by atoms with van der Waals surface area (Å²) in [5.74, 6) is 2.32. The van der Waals surface area contributed by atoms with Crippen LogP contribution in [0.25, 0.3) is 0 Å². The largest absolute Gasteiger partial charge is 0.497 e. The van der Waals surface area contributed by atoms with Crippen molar-refractivity contribution in [3.63, 3.8) is 0 Å². The molecule has 0 atom stereocenters. The Morgan fingerprint density at radius 2 is 2.04 bits per heavy atom. The van der Waals surface area contributed by atoms with Gasteiger partial charge in [0, 0.05) is 31.0 Å². The lowest BCUT2D eigenvalue weighted by Gasteiger charge is -2.12. The first-order chi connectivity index (χ1) is 11.2. The Labute approximate surface area is 142 Å². The Kier molecular flexibility index (Phi) is 9.70. The molecule has 1 rings (SSSR count). The van der Waals surface area contributed by atoms with Crippen LogP contribution in [0.15, 0.2) is 29.3 Å². The van der Waals surface area contributed by atoms with Crippen molar-refractivity contribution in [2.45, 2.75) is 6.92 Å². The summed E-state index contributed by atoms with van der Waals surface area (Å²) in [4.78, 5) is 16.5. The van der Waals surface area contributed by atoms with E-state index in [9.17, 15) is 4.79 Å². The third-order valence-corrected chi connectivity index (χ3v) is 3.54. The van der Waals surface area contributed by atoms with Crippen molar-refractivity contribution >= 4 is 23.6 Å². The first-order valence-corrected chi connectivity index (χ1v) is 9.04. The van der Waals surface area contributed by atoms with E-state index in [1.165, 1.54) is 0 Å². The van der Waals surface area contributed by atoms with Crippen LogP contribution in [0.3, 0.4) is 0 Å². The molecule has 6 nitrogen and oxygen atoms in total. The van der Waals surface area contributed by atoms with Crippen molar-refractivity contribution in [3.8, 4) is 5.75 Å². The molecule has 0 aliphatic heterocycles. The number of thioether (sulfide) groups is 1. The van der Waals surface area contributed by atoms with Gasteiger partial charge >= 0.3 is 0 Å². The summed E-state index contributed by atoms with van der Waals surface area (Å²) >= 11 is 1.76. The Hall–Kier alpha value is -1.89.